The van der Waals surface area contributed by atoms with Gasteiger partial charge < -0.3 is 20.1 Å². The molecule has 2 saturated heterocycles. The number of anilines is 1. The second kappa shape index (κ2) is 11.0. The average Bonchev–Trinajstić information content (AvgIpc) is 3.73. The van der Waals surface area contributed by atoms with Crippen LogP contribution in [0.4, 0.5) is 5.82 Å². The van der Waals surface area contributed by atoms with Crippen LogP contribution in [0, 0.1) is 18.3 Å². The largest absolute Gasteiger partial charge is 0.495 e. The van der Waals surface area contributed by atoms with Crippen LogP contribution < -0.4 is 10.5 Å². The number of rotatable bonds is 6. The molecule has 3 aromatic heterocycles. The van der Waals surface area contributed by atoms with Gasteiger partial charge in [-0.3, -0.25) is 14.1 Å². The zero-order chi connectivity index (χ0) is 29.6. The number of ether oxygens (including phenoxy) is 2. The number of benzene rings is 1. The third-order valence-electron chi connectivity index (χ3n) is 8.31. The van der Waals surface area contributed by atoms with Gasteiger partial charge in [-0.05, 0) is 56.4 Å². The summed E-state index contributed by atoms with van der Waals surface area (Å²) >= 11 is 1.61. The Morgan fingerprint density at radius 2 is 2.05 bits per heavy atom. The quantitative estimate of drug-likeness (QED) is 0.261. The van der Waals surface area contributed by atoms with E-state index in [9.17, 15) is 10.1 Å². The number of hydrogen-bond donors (Lipinski definition) is 1. The minimum Gasteiger partial charge on any atom is -0.495 e. The lowest BCUT2D eigenvalue weighted by atomic mass is 9.98. The summed E-state index contributed by atoms with van der Waals surface area (Å²) in [5, 5.41) is 11.1. The van der Waals surface area contributed by atoms with E-state index >= 15 is 0 Å². The molecular formula is C31H35N7O3S. The van der Waals surface area contributed by atoms with E-state index in [4.69, 9.17) is 20.2 Å². The summed E-state index contributed by atoms with van der Waals surface area (Å²) in [5.74, 6) is 1.81. The topological polar surface area (TPSA) is 122 Å². The molecule has 0 spiro atoms. The molecule has 6 rings (SSSR count). The molecule has 1 atom stereocenters. The summed E-state index contributed by atoms with van der Waals surface area (Å²) in [7, 11) is 1.68. The summed E-state index contributed by atoms with van der Waals surface area (Å²) in [5.41, 5.74) is 8.80. The van der Waals surface area contributed by atoms with Gasteiger partial charge in [0.15, 0.2) is 0 Å². The highest BCUT2D eigenvalue weighted by atomic mass is 32.1. The van der Waals surface area contributed by atoms with Crippen molar-refractivity contribution in [1.82, 2.24) is 24.2 Å². The maximum Gasteiger partial charge on any atom is 0.264 e. The molecule has 5 heterocycles. The third kappa shape index (κ3) is 5.00. The van der Waals surface area contributed by atoms with E-state index in [1.807, 2.05) is 30.5 Å². The lowest BCUT2D eigenvalue weighted by Gasteiger charge is -2.39. The van der Waals surface area contributed by atoms with Crippen molar-refractivity contribution in [3.63, 3.8) is 0 Å². The van der Waals surface area contributed by atoms with Crippen molar-refractivity contribution < 1.29 is 14.3 Å². The van der Waals surface area contributed by atoms with Crippen LogP contribution in [-0.4, -0.2) is 82.1 Å². The second-order valence-corrected chi connectivity index (χ2v) is 12.6. The molecule has 1 amide bonds. The minimum atomic E-state index is -0.437. The molecule has 1 aromatic carbocycles. The molecule has 2 N–H and O–H groups in total. The molecule has 11 heteroatoms. The average molecular weight is 586 g/mol. The van der Waals surface area contributed by atoms with Gasteiger partial charge in [0.05, 0.1) is 29.9 Å². The predicted octanol–water partition coefficient (Wildman–Crippen LogP) is 4.39. The number of methoxy groups -OCH3 is 1. The summed E-state index contributed by atoms with van der Waals surface area (Å²) < 4.78 is 14.2. The van der Waals surface area contributed by atoms with Gasteiger partial charge in [0.2, 0.25) is 0 Å². The van der Waals surface area contributed by atoms with Crippen LogP contribution in [0.3, 0.4) is 0 Å². The molecule has 2 aliphatic rings. The van der Waals surface area contributed by atoms with Crippen molar-refractivity contribution in [2.75, 3.05) is 52.2 Å². The first-order valence-electron chi connectivity index (χ1n) is 14.2. The first kappa shape index (κ1) is 28.2. The Hall–Kier alpha value is -3.98. The zero-order valence-corrected chi connectivity index (χ0v) is 25.2. The van der Waals surface area contributed by atoms with Gasteiger partial charge in [0, 0.05) is 50.0 Å². The molecule has 10 nitrogen and oxygen atoms in total. The standard InChI is InChI=1S/C31H35N7O3S/c1-19-13-21-15-24(42-27(21)23(14-19)40-4)25-26-28(33)34-6-8-38(26)29(35-25)20-5-7-36(18-20)30(39)22(17-32)16-31(2,3)37-9-11-41-12-10-37/h6,8,13-16,20H,5,7,9-12,18H2,1-4H3,(H2,33,34). The Labute approximate surface area is 249 Å². The van der Waals surface area contributed by atoms with Crippen molar-refractivity contribution in [3.05, 3.63) is 53.6 Å². The van der Waals surface area contributed by atoms with Crippen LogP contribution in [0.2, 0.25) is 0 Å². The van der Waals surface area contributed by atoms with Crippen molar-refractivity contribution >= 4 is 38.7 Å². The van der Waals surface area contributed by atoms with Crippen LogP contribution in [0.1, 0.15) is 37.6 Å². The lowest BCUT2D eigenvalue weighted by molar-refractivity contribution is -0.125. The first-order valence-corrected chi connectivity index (χ1v) is 15.0. The number of amides is 1. The number of carbonyl (C=O) groups is 1. The molecule has 42 heavy (non-hydrogen) atoms. The minimum absolute atomic E-state index is 0.0182. The summed E-state index contributed by atoms with van der Waals surface area (Å²) in [6.45, 7) is 9.97. The lowest BCUT2D eigenvalue weighted by Crippen LogP contribution is -2.49. The van der Waals surface area contributed by atoms with Crippen molar-refractivity contribution in [3.8, 4) is 22.4 Å². The highest BCUT2D eigenvalue weighted by molar-refractivity contribution is 7.22. The molecule has 218 valence electrons. The maximum absolute atomic E-state index is 13.6. The van der Waals surface area contributed by atoms with Gasteiger partial charge in [-0.15, -0.1) is 11.3 Å². The highest BCUT2D eigenvalue weighted by Gasteiger charge is 2.35. The Morgan fingerprint density at radius 3 is 2.79 bits per heavy atom. The van der Waals surface area contributed by atoms with Gasteiger partial charge >= 0.3 is 0 Å². The fraction of sp³-hybridized carbons (Fsp3) is 0.419. The van der Waals surface area contributed by atoms with E-state index in [0.29, 0.717) is 32.1 Å². The van der Waals surface area contributed by atoms with Crippen LogP contribution >= 0.6 is 11.3 Å². The number of thiophene rings is 1. The molecule has 0 radical (unpaired) electrons. The summed E-state index contributed by atoms with van der Waals surface area (Å²) in [6.07, 6.45) is 6.10. The summed E-state index contributed by atoms with van der Waals surface area (Å²) in [4.78, 5) is 28.1. The number of carbonyl (C=O) groups excluding carboxylic acids is 1. The number of imidazole rings is 1. The Morgan fingerprint density at radius 1 is 1.26 bits per heavy atom. The monoisotopic (exact) mass is 585 g/mol. The number of nitrogens with two attached hydrogens (primary N) is 1. The molecular weight excluding hydrogens is 550 g/mol. The fourth-order valence-electron chi connectivity index (χ4n) is 6.13. The maximum atomic E-state index is 13.6. The predicted molar refractivity (Wildman–Crippen MR) is 164 cm³/mol. The number of likely N-dealkylation sites (tertiary alicyclic amines) is 1. The first-order chi connectivity index (χ1) is 20.2. The number of fused-ring (bicyclic) bond motifs is 2. The number of nitrogens with zero attached hydrogens (tertiary/aromatic N) is 6. The normalized spacial score (nSPS) is 18.6. The second-order valence-electron chi connectivity index (χ2n) is 11.5. The number of aryl methyl sites for hydroxylation is 1. The third-order valence-corrected chi connectivity index (χ3v) is 9.48. The smallest absolute Gasteiger partial charge is 0.264 e. The zero-order valence-electron chi connectivity index (χ0n) is 24.4. The number of nitriles is 1. The molecule has 4 aromatic rings. The van der Waals surface area contributed by atoms with Gasteiger partial charge in [0.25, 0.3) is 5.91 Å². The van der Waals surface area contributed by atoms with Crippen LogP contribution in [-0.2, 0) is 9.53 Å². The van der Waals surface area contributed by atoms with E-state index < -0.39 is 5.54 Å². The van der Waals surface area contributed by atoms with E-state index in [0.717, 1.165) is 62.8 Å². The van der Waals surface area contributed by atoms with E-state index in [1.54, 1.807) is 35.6 Å². The number of morpholine rings is 1. The van der Waals surface area contributed by atoms with E-state index in [1.165, 1.54) is 0 Å². The molecule has 0 saturated carbocycles. The number of nitrogen functional groups attached to an aromatic ring is 1. The van der Waals surface area contributed by atoms with Gasteiger partial charge in [-0.1, -0.05) is 6.07 Å². The Kier molecular flexibility index (Phi) is 7.39. The van der Waals surface area contributed by atoms with Crippen LogP contribution in [0.25, 0.3) is 26.2 Å². The highest BCUT2D eigenvalue weighted by Crippen LogP contribution is 2.42. The van der Waals surface area contributed by atoms with Gasteiger partial charge in [-0.2, -0.15) is 5.26 Å². The molecule has 0 aliphatic carbocycles. The van der Waals surface area contributed by atoms with E-state index in [2.05, 4.69) is 35.0 Å². The van der Waals surface area contributed by atoms with Crippen molar-refractivity contribution in [1.29, 1.82) is 5.26 Å². The van der Waals surface area contributed by atoms with Crippen molar-refractivity contribution in [2.24, 2.45) is 0 Å². The number of aromatic nitrogens is 3. The molecule has 2 aliphatic heterocycles. The Bertz CT molecular complexity index is 1740. The SMILES string of the molecule is COc1cc(C)cc2cc(-c3nc(C4CCN(C(=O)C(C#N)=CC(C)(C)N5CCOCC5)C4)n4ccnc(N)c34)sc12. The van der Waals surface area contributed by atoms with Gasteiger partial charge in [0.1, 0.15) is 40.2 Å². The molecule has 2 fully saturated rings. The van der Waals surface area contributed by atoms with Crippen molar-refractivity contribution in [2.45, 2.75) is 38.6 Å². The van der Waals surface area contributed by atoms with Crippen LogP contribution in [0.5, 0.6) is 5.75 Å². The fourth-order valence-corrected chi connectivity index (χ4v) is 7.25. The number of hydrogen-bond acceptors (Lipinski definition) is 9. The van der Waals surface area contributed by atoms with E-state index in [-0.39, 0.29) is 17.4 Å². The van der Waals surface area contributed by atoms with Crippen LogP contribution in [0.15, 0.2) is 42.2 Å². The summed E-state index contributed by atoms with van der Waals surface area (Å²) in [6, 6.07) is 8.47. The Balaban J connectivity index is 1.31. The molecule has 0 bridgehead atoms. The molecule has 1 unspecified atom stereocenters. The van der Waals surface area contributed by atoms with Gasteiger partial charge in [-0.25, -0.2) is 9.97 Å².